The van der Waals surface area contributed by atoms with Crippen molar-refractivity contribution in [2.45, 2.75) is 27.3 Å². The van der Waals surface area contributed by atoms with Gasteiger partial charge in [-0.1, -0.05) is 6.07 Å². The van der Waals surface area contributed by atoms with Gasteiger partial charge in [-0.15, -0.1) is 0 Å². The van der Waals surface area contributed by atoms with E-state index in [1.165, 1.54) is 0 Å². The van der Waals surface area contributed by atoms with Crippen molar-refractivity contribution in [3.63, 3.8) is 0 Å². The molecule has 0 fully saturated rings. The maximum Gasteiger partial charge on any atom is 0.319 e. The van der Waals surface area contributed by atoms with Crippen LogP contribution in [0.3, 0.4) is 0 Å². The summed E-state index contributed by atoms with van der Waals surface area (Å²) in [7, 11) is 1.67. The van der Waals surface area contributed by atoms with Crippen molar-refractivity contribution in [2.24, 2.45) is 0 Å². The molecule has 4 heteroatoms. The topological polar surface area (TPSA) is 47.6 Å². The van der Waals surface area contributed by atoms with Crippen LogP contribution in [0.1, 0.15) is 23.6 Å². The van der Waals surface area contributed by atoms with E-state index in [-0.39, 0.29) is 12.5 Å². The molecule has 0 heterocycles. The Morgan fingerprint density at radius 2 is 2.00 bits per heavy atom. The van der Waals surface area contributed by atoms with E-state index in [1.54, 1.807) is 14.0 Å². The lowest BCUT2D eigenvalue weighted by atomic mass is 10.0. The standard InChI is InChI=1S/C14H21NO3/c1-5-18-14(16)9-15-8-12-6-11(3)13(17-4)7-10(12)2/h6-7,15H,5,8-9H2,1-4H3. The quantitative estimate of drug-likeness (QED) is 0.785. The molecule has 4 nitrogen and oxygen atoms in total. The maximum absolute atomic E-state index is 11.2. The Morgan fingerprint density at radius 1 is 1.28 bits per heavy atom. The molecule has 1 aromatic rings. The monoisotopic (exact) mass is 251 g/mol. The first-order valence-corrected chi connectivity index (χ1v) is 6.09. The van der Waals surface area contributed by atoms with E-state index in [1.807, 2.05) is 19.9 Å². The lowest BCUT2D eigenvalue weighted by Crippen LogP contribution is -2.24. The van der Waals surface area contributed by atoms with Crippen molar-refractivity contribution < 1.29 is 14.3 Å². The van der Waals surface area contributed by atoms with Gasteiger partial charge in [0.25, 0.3) is 0 Å². The smallest absolute Gasteiger partial charge is 0.319 e. The summed E-state index contributed by atoms with van der Waals surface area (Å²) in [6.07, 6.45) is 0. The van der Waals surface area contributed by atoms with Crippen LogP contribution in [0.15, 0.2) is 12.1 Å². The molecule has 0 aromatic heterocycles. The maximum atomic E-state index is 11.2. The average Bonchev–Trinajstić information content (AvgIpc) is 2.33. The normalized spacial score (nSPS) is 10.2. The second-order valence-corrected chi connectivity index (χ2v) is 4.16. The number of carbonyl (C=O) groups excluding carboxylic acids is 1. The minimum Gasteiger partial charge on any atom is -0.496 e. The molecule has 1 aromatic carbocycles. The van der Waals surface area contributed by atoms with Crippen molar-refractivity contribution in [1.29, 1.82) is 0 Å². The molecule has 0 saturated carbocycles. The number of carbonyl (C=O) groups is 1. The fourth-order valence-corrected chi connectivity index (χ4v) is 1.77. The number of esters is 1. The van der Waals surface area contributed by atoms with Gasteiger partial charge in [-0.2, -0.15) is 0 Å². The lowest BCUT2D eigenvalue weighted by molar-refractivity contribution is -0.142. The summed E-state index contributed by atoms with van der Waals surface area (Å²) in [6, 6.07) is 4.09. The van der Waals surface area contributed by atoms with E-state index in [0.717, 1.165) is 22.4 Å². The summed E-state index contributed by atoms with van der Waals surface area (Å²) in [4.78, 5) is 11.2. The van der Waals surface area contributed by atoms with Crippen molar-refractivity contribution >= 4 is 5.97 Å². The minimum absolute atomic E-state index is 0.222. The molecular weight excluding hydrogens is 230 g/mol. The molecule has 0 saturated heterocycles. The van der Waals surface area contributed by atoms with Crippen molar-refractivity contribution in [3.05, 3.63) is 28.8 Å². The van der Waals surface area contributed by atoms with Gasteiger partial charge in [0.05, 0.1) is 20.3 Å². The lowest BCUT2D eigenvalue weighted by Gasteiger charge is -2.12. The third-order valence-electron chi connectivity index (χ3n) is 2.74. The van der Waals surface area contributed by atoms with Gasteiger partial charge < -0.3 is 14.8 Å². The molecule has 1 rings (SSSR count). The number of hydrogen-bond acceptors (Lipinski definition) is 4. The van der Waals surface area contributed by atoms with Crippen LogP contribution in [0, 0.1) is 13.8 Å². The zero-order valence-electron chi connectivity index (χ0n) is 11.5. The van der Waals surface area contributed by atoms with Gasteiger partial charge in [0.15, 0.2) is 0 Å². The average molecular weight is 251 g/mol. The molecule has 0 aliphatic heterocycles. The highest BCUT2D eigenvalue weighted by molar-refractivity contribution is 5.71. The number of rotatable bonds is 6. The molecule has 0 aliphatic rings. The van der Waals surface area contributed by atoms with Crippen molar-refractivity contribution in [3.8, 4) is 5.75 Å². The molecule has 18 heavy (non-hydrogen) atoms. The molecule has 0 spiro atoms. The van der Waals surface area contributed by atoms with Crippen molar-refractivity contribution in [2.75, 3.05) is 20.3 Å². The first-order chi connectivity index (χ1) is 8.58. The number of benzene rings is 1. The van der Waals surface area contributed by atoms with E-state index in [4.69, 9.17) is 9.47 Å². The zero-order valence-corrected chi connectivity index (χ0v) is 11.5. The Morgan fingerprint density at radius 3 is 2.61 bits per heavy atom. The van der Waals surface area contributed by atoms with Crippen LogP contribution in [0.4, 0.5) is 0 Å². The predicted molar refractivity (Wildman–Crippen MR) is 70.8 cm³/mol. The second-order valence-electron chi connectivity index (χ2n) is 4.16. The first kappa shape index (κ1) is 14.5. The van der Waals surface area contributed by atoms with Gasteiger partial charge in [0.1, 0.15) is 5.75 Å². The molecule has 100 valence electrons. The van der Waals surface area contributed by atoms with Crippen LogP contribution in [0.2, 0.25) is 0 Å². The third-order valence-corrected chi connectivity index (χ3v) is 2.74. The third kappa shape index (κ3) is 4.04. The van der Waals surface area contributed by atoms with E-state index >= 15 is 0 Å². The van der Waals surface area contributed by atoms with Crippen LogP contribution in [-0.2, 0) is 16.1 Å². The van der Waals surface area contributed by atoms with Gasteiger partial charge in [0.2, 0.25) is 0 Å². The fourth-order valence-electron chi connectivity index (χ4n) is 1.77. The molecule has 0 radical (unpaired) electrons. The summed E-state index contributed by atoms with van der Waals surface area (Å²) in [6.45, 7) is 7.14. The number of ether oxygens (including phenoxy) is 2. The molecule has 0 atom stereocenters. The Balaban J connectivity index is 2.57. The number of nitrogens with one attached hydrogen (secondary N) is 1. The van der Waals surface area contributed by atoms with E-state index in [2.05, 4.69) is 11.4 Å². The number of aryl methyl sites for hydroxylation is 2. The first-order valence-electron chi connectivity index (χ1n) is 6.09. The largest absolute Gasteiger partial charge is 0.496 e. The fraction of sp³-hybridized carbons (Fsp3) is 0.500. The van der Waals surface area contributed by atoms with Crippen LogP contribution >= 0.6 is 0 Å². The zero-order chi connectivity index (χ0) is 13.5. The van der Waals surface area contributed by atoms with Crippen LogP contribution < -0.4 is 10.1 Å². The van der Waals surface area contributed by atoms with Crippen molar-refractivity contribution in [1.82, 2.24) is 5.32 Å². The van der Waals surface area contributed by atoms with E-state index in [9.17, 15) is 4.79 Å². The highest BCUT2D eigenvalue weighted by Gasteiger charge is 2.06. The van der Waals surface area contributed by atoms with Crippen LogP contribution in [-0.4, -0.2) is 26.2 Å². The molecular formula is C14H21NO3. The SMILES string of the molecule is CCOC(=O)CNCc1cc(C)c(OC)cc1C. The van der Waals surface area contributed by atoms with Gasteiger partial charge >= 0.3 is 5.97 Å². The Labute approximate surface area is 108 Å². The van der Waals surface area contributed by atoms with Gasteiger partial charge in [-0.05, 0) is 43.5 Å². The van der Waals surface area contributed by atoms with Crippen LogP contribution in [0.25, 0.3) is 0 Å². The Bertz CT molecular complexity index is 416. The summed E-state index contributed by atoms with van der Waals surface area (Å²) in [5.74, 6) is 0.669. The molecule has 0 amide bonds. The van der Waals surface area contributed by atoms with Crippen LogP contribution in [0.5, 0.6) is 5.75 Å². The minimum atomic E-state index is -0.222. The molecule has 0 bridgehead atoms. The summed E-state index contributed by atoms with van der Waals surface area (Å²) in [5, 5.41) is 3.08. The van der Waals surface area contributed by atoms with E-state index < -0.39 is 0 Å². The summed E-state index contributed by atoms with van der Waals surface area (Å²) >= 11 is 0. The molecule has 0 unspecified atom stereocenters. The summed E-state index contributed by atoms with van der Waals surface area (Å²) in [5.41, 5.74) is 3.41. The number of hydrogen-bond donors (Lipinski definition) is 1. The summed E-state index contributed by atoms with van der Waals surface area (Å²) < 4.78 is 10.1. The second kappa shape index (κ2) is 7.01. The predicted octanol–water partition coefficient (Wildman–Crippen LogP) is 1.96. The van der Waals surface area contributed by atoms with E-state index in [0.29, 0.717) is 13.2 Å². The highest BCUT2D eigenvalue weighted by atomic mass is 16.5. The molecule has 0 aliphatic carbocycles. The highest BCUT2D eigenvalue weighted by Crippen LogP contribution is 2.22. The molecule has 1 N–H and O–H groups in total. The number of methoxy groups -OCH3 is 1. The Hall–Kier alpha value is -1.55. The van der Waals surface area contributed by atoms with Gasteiger partial charge in [0, 0.05) is 6.54 Å². The van der Waals surface area contributed by atoms with Gasteiger partial charge in [-0.3, -0.25) is 4.79 Å². The van der Waals surface area contributed by atoms with Gasteiger partial charge in [-0.25, -0.2) is 0 Å². The Kier molecular flexibility index (Phi) is 5.65.